The molecule has 0 aliphatic carbocycles. The van der Waals surface area contributed by atoms with E-state index < -0.39 is 102 Å². The van der Waals surface area contributed by atoms with Crippen molar-refractivity contribution in [1.82, 2.24) is 41.3 Å². The van der Waals surface area contributed by atoms with E-state index in [1.54, 1.807) is 113 Å². The number of unbranched alkanes of at least 4 members (excludes halogenated alkanes) is 2. The van der Waals surface area contributed by atoms with Crippen molar-refractivity contribution >= 4 is 93.8 Å². The molecule has 0 saturated heterocycles. The molecule has 5 aliphatic rings. The van der Waals surface area contributed by atoms with Crippen LogP contribution < -0.4 is 66.0 Å². The lowest BCUT2D eigenvalue weighted by Crippen LogP contribution is -2.53. The molecule has 5 heterocycles. The summed E-state index contributed by atoms with van der Waals surface area (Å²) >= 11 is 0. The maximum atomic E-state index is 14.4. The van der Waals surface area contributed by atoms with Gasteiger partial charge in [-0.15, -0.1) is 0 Å². The van der Waals surface area contributed by atoms with E-state index in [4.69, 9.17) is 75.8 Å². The Balaban J connectivity index is 0.649. The minimum atomic E-state index is -1.57. The normalized spacial score (nSPS) is 16.8. The second-order valence-electron chi connectivity index (χ2n) is 34.1. The van der Waals surface area contributed by atoms with Crippen LogP contribution in [0.2, 0.25) is 0 Å². The van der Waals surface area contributed by atoms with Crippen LogP contribution in [0.25, 0.3) is 0 Å². The highest BCUT2D eigenvalue weighted by Crippen LogP contribution is 2.44. The number of carbonyl (C=O) groups excluding carboxylic acids is 12. The molecule has 5 aliphatic heterocycles. The third-order valence-corrected chi connectivity index (χ3v) is 22.7. The van der Waals surface area contributed by atoms with Crippen molar-refractivity contribution < 1.29 is 144 Å². The second kappa shape index (κ2) is 58.3. The first kappa shape index (κ1) is 111. The van der Waals surface area contributed by atoms with E-state index in [1.807, 2.05) is 13.8 Å². The number of methoxy groups -OCH3 is 3. The van der Waals surface area contributed by atoms with Gasteiger partial charge in [-0.3, -0.25) is 57.6 Å². The number of nitrogens with one attached hydrogen (secondary N) is 7. The SMILES string of the molecule is COCCOCCC(=O)N[C@H](C(=O)N[C@@H](C)C(=O)Nc1ccc(COC(=O)N2c3cc(OCCCCCOc4cc5c(cc4OC)C(=O)N4C=C(C)C[C@H]4[C@H](O)N5COCc4ccc(NC(=O)[C@H](C)NC(=O)[C@@H](NC(=O)CCOCCOCCOCCOCCOCCOCCOCCOCCNC(=O)CCN5C(=O)C=CC5=O)C(C)C)cc4)c(OC)cc3C(=O)N3C=C(C)C[C@H]3[C@@H]2O)cc1)C(C)C. The van der Waals surface area contributed by atoms with Crippen LogP contribution >= 0.6 is 0 Å². The molecule has 0 aromatic heterocycles. The third-order valence-electron chi connectivity index (χ3n) is 22.7. The van der Waals surface area contributed by atoms with Crippen LogP contribution in [0.1, 0.15) is 139 Å². The molecule has 4 aromatic rings. The molecular formula is C97H136N12O30. The van der Waals surface area contributed by atoms with Gasteiger partial charge in [-0.2, -0.15) is 0 Å². The highest BCUT2D eigenvalue weighted by molar-refractivity contribution is 6.13. The van der Waals surface area contributed by atoms with Crippen LogP contribution in [0, 0.1) is 11.8 Å². The molecule has 12 amide bonds. The van der Waals surface area contributed by atoms with Crippen molar-refractivity contribution in [2.45, 2.75) is 169 Å². The monoisotopic (exact) mass is 1950 g/mol. The number of carbonyl (C=O) groups is 12. The van der Waals surface area contributed by atoms with Crippen LogP contribution in [0.15, 0.2) is 108 Å². The molecule has 0 radical (unpaired) electrons. The molecule has 0 bridgehead atoms. The molecule has 0 spiro atoms. The first-order chi connectivity index (χ1) is 67.0. The summed E-state index contributed by atoms with van der Waals surface area (Å²) in [4.78, 5) is 164. The van der Waals surface area contributed by atoms with Gasteiger partial charge in [-0.25, -0.2) is 9.69 Å². The molecule has 139 heavy (non-hydrogen) atoms. The fourth-order valence-corrected chi connectivity index (χ4v) is 15.1. The van der Waals surface area contributed by atoms with Crippen molar-refractivity contribution in [2.75, 3.05) is 200 Å². The Bertz CT molecular complexity index is 4790. The van der Waals surface area contributed by atoms with Crippen molar-refractivity contribution in [3.8, 4) is 23.0 Å². The van der Waals surface area contributed by atoms with E-state index >= 15 is 0 Å². The molecular weight excluding hydrogens is 1810 g/mol. The minimum absolute atomic E-state index is 0.0172. The van der Waals surface area contributed by atoms with Gasteiger partial charge < -0.3 is 138 Å². The van der Waals surface area contributed by atoms with Gasteiger partial charge in [0.2, 0.25) is 41.4 Å². The highest BCUT2D eigenvalue weighted by atomic mass is 16.6. The van der Waals surface area contributed by atoms with Crippen molar-refractivity contribution in [1.29, 1.82) is 0 Å². The summed E-state index contributed by atoms with van der Waals surface area (Å²) in [7, 11) is 4.42. The largest absolute Gasteiger partial charge is 0.493 e. The number of ether oxygens (including phenoxy) is 16. The van der Waals surface area contributed by atoms with Crippen molar-refractivity contribution in [3.05, 3.63) is 131 Å². The maximum Gasteiger partial charge on any atom is 0.416 e. The Labute approximate surface area is 809 Å². The predicted molar refractivity (Wildman–Crippen MR) is 505 cm³/mol. The van der Waals surface area contributed by atoms with E-state index in [0.717, 1.165) is 20.9 Å². The fourth-order valence-electron chi connectivity index (χ4n) is 15.1. The second-order valence-corrected chi connectivity index (χ2v) is 34.1. The number of amides is 12. The lowest BCUT2D eigenvalue weighted by molar-refractivity contribution is -0.137. The number of nitrogens with zero attached hydrogens (tertiary/aromatic N) is 5. The number of aliphatic hydroxyl groups is 2. The summed E-state index contributed by atoms with van der Waals surface area (Å²) in [5, 5.41) is 43.4. The lowest BCUT2D eigenvalue weighted by atomic mass is 10.0. The van der Waals surface area contributed by atoms with E-state index in [-0.39, 0.29) is 155 Å². The Morgan fingerprint density at radius 2 is 0.827 bits per heavy atom. The van der Waals surface area contributed by atoms with E-state index in [1.165, 1.54) is 62.2 Å². The molecule has 4 aromatic carbocycles. The van der Waals surface area contributed by atoms with Gasteiger partial charge in [0, 0.05) is 87.5 Å². The van der Waals surface area contributed by atoms with Gasteiger partial charge in [-0.05, 0) is 119 Å². The van der Waals surface area contributed by atoms with Gasteiger partial charge in [0.15, 0.2) is 29.2 Å². The molecule has 0 fully saturated rings. The Hall–Kier alpha value is -11.8. The molecule has 9 rings (SSSR count). The van der Waals surface area contributed by atoms with Crippen molar-refractivity contribution in [3.63, 3.8) is 0 Å². The van der Waals surface area contributed by atoms with Crippen LogP contribution in [-0.4, -0.2) is 325 Å². The van der Waals surface area contributed by atoms with Crippen LogP contribution in [0.4, 0.5) is 27.5 Å². The number of aliphatic hydroxyl groups excluding tert-OH is 2. The first-order valence-corrected chi connectivity index (χ1v) is 46.8. The third kappa shape index (κ3) is 34.9. The zero-order valence-corrected chi connectivity index (χ0v) is 81.1. The average Bonchev–Trinajstić information content (AvgIpc) is 1.61. The number of rotatable bonds is 64. The van der Waals surface area contributed by atoms with Gasteiger partial charge in [0.1, 0.15) is 43.7 Å². The highest BCUT2D eigenvalue weighted by Gasteiger charge is 2.47. The number of hydrogen-bond acceptors (Lipinski definition) is 31. The minimum Gasteiger partial charge on any atom is -0.493 e. The number of benzene rings is 4. The van der Waals surface area contributed by atoms with Crippen molar-refractivity contribution in [2.24, 2.45) is 11.8 Å². The van der Waals surface area contributed by atoms with Gasteiger partial charge in [0.05, 0.1) is 194 Å². The number of imide groups is 1. The zero-order valence-electron chi connectivity index (χ0n) is 81.1. The summed E-state index contributed by atoms with van der Waals surface area (Å²) in [6, 6.07) is 14.1. The fraction of sp³-hybridized carbons (Fsp3) is 0.567. The van der Waals surface area contributed by atoms with Crippen LogP contribution in [0.5, 0.6) is 23.0 Å². The zero-order chi connectivity index (χ0) is 100. The van der Waals surface area contributed by atoms with Crippen LogP contribution in [-0.2, 0) is 113 Å². The molecule has 42 nitrogen and oxygen atoms in total. The van der Waals surface area contributed by atoms with Gasteiger partial charge in [0.25, 0.3) is 23.6 Å². The molecule has 9 N–H and O–H groups in total. The molecule has 0 unspecified atom stereocenters. The number of anilines is 4. The smallest absolute Gasteiger partial charge is 0.416 e. The Morgan fingerprint density at radius 3 is 1.26 bits per heavy atom. The Kier molecular flexibility index (Phi) is 46.5. The average molecular weight is 1950 g/mol. The number of hydrogen-bond donors (Lipinski definition) is 9. The molecule has 764 valence electrons. The topological polar surface area (TPSA) is 493 Å². The standard InChI is InChI=1S/C97H136N12O30/c1-62(2)87(103-83(111)26-32-127-36-35-124-9)91(117)100-67(8)90(116)102-71-21-17-69(18-22-71)60-139-97(123)109-75-56-81(79(126-11)54-73(75)94(120)107-58-65(6)52-77(107)96(109)122)138-31-14-12-13-30-137-80-55-74-72(53-78(80)125-10)93(119)106-57-64(5)51-76(106)95(121)108(74)61-136-59-68-15-19-70(20-16-68)101-89(115)66(7)99-92(118)88(63(3)4)104-84(112)27-33-128-37-39-130-41-43-132-45-47-134-49-50-135-48-46-133-44-42-131-40-38-129-34-28-98-82(110)25-29-105-85(113)23-24-86(105)114/h15-24,53-58,62-63,66-67,76-77,87-88,95-96,121-122H,12-14,25-52,59-61H2,1-11H3,(H,98,110)(H,99,118)(H,100,117)(H,101,115)(H,102,116)(H,103,111)(H,104,112)/t66-,67-,76-,77-,87-,88-,95-,96-/m0/s1. The van der Waals surface area contributed by atoms with E-state index in [9.17, 15) is 67.7 Å². The van der Waals surface area contributed by atoms with E-state index in [0.29, 0.717) is 165 Å². The number of fused-ring (bicyclic) bond motifs is 4. The maximum absolute atomic E-state index is 14.4. The van der Waals surface area contributed by atoms with Crippen LogP contribution in [0.3, 0.4) is 0 Å². The summed E-state index contributed by atoms with van der Waals surface area (Å²) in [6.45, 7) is 20.3. The molecule has 42 heteroatoms. The lowest BCUT2D eigenvalue weighted by Gasteiger charge is -2.33. The predicted octanol–water partition coefficient (Wildman–Crippen LogP) is 5.53. The summed E-state index contributed by atoms with van der Waals surface area (Å²) in [5.74, 6) is -4.57. The van der Waals surface area contributed by atoms with E-state index in [2.05, 4.69) is 37.2 Å². The summed E-state index contributed by atoms with van der Waals surface area (Å²) in [6.07, 6.45) is 4.23. The molecule has 0 saturated carbocycles. The quantitative estimate of drug-likeness (QED) is 0.0194. The summed E-state index contributed by atoms with van der Waals surface area (Å²) < 4.78 is 90.9. The first-order valence-electron chi connectivity index (χ1n) is 46.8. The summed E-state index contributed by atoms with van der Waals surface area (Å²) in [5.41, 5.74) is 4.36. The Morgan fingerprint density at radius 1 is 0.424 bits per heavy atom. The molecule has 8 atom stereocenters. The van der Waals surface area contributed by atoms with Gasteiger partial charge in [-0.1, -0.05) is 63.1 Å². The van der Waals surface area contributed by atoms with Gasteiger partial charge >= 0.3 is 6.09 Å².